The zero-order valence-electron chi connectivity index (χ0n) is 9.43. The van der Waals surface area contributed by atoms with E-state index in [0.717, 1.165) is 0 Å². The van der Waals surface area contributed by atoms with Crippen molar-refractivity contribution in [1.29, 1.82) is 0 Å². The first-order valence-corrected chi connectivity index (χ1v) is 5.55. The third-order valence-corrected chi connectivity index (χ3v) is 3.84. The van der Waals surface area contributed by atoms with Crippen LogP contribution in [0.25, 0.3) is 0 Å². The molecular formula is C11H17NO4. The van der Waals surface area contributed by atoms with Gasteiger partial charge in [0, 0.05) is 6.04 Å². The number of aliphatic hydroxyl groups excluding tert-OH is 1. The Morgan fingerprint density at radius 1 is 1.25 bits per heavy atom. The predicted octanol–water partition coefficient (Wildman–Crippen LogP) is -0.0173. The Kier molecular flexibility index (Phi) is 2.45. The van der Waals surface area contributed by atoms with Crippen molar-refractivity contribution in [3.63, 3.8) is 0 Å². The third kappa shape index (κ3) is 1.69. The van der Waals surface area contributed by atoms with Gasteiger partial charge in [-0.15, -0.1) is 0 Å². The van der Waals surface area contributed by atoms with E-state index in [9.17, 15) is 9.59 Å². The van der Waals surface area contributed by atoms with Crippen molar-refractivity contribution in [2.24, 2.45) is 17.3 Å². The summed E-state index contributed by atoms with van der Waals surface area (Å²) in [5.41, 5.74) is -0.446. The van der Waals surface area contributed by atoms with E-state index in [1.54, 1.807) is 13.8 Å². The van der Waals surface area contributed by atoms with Crippen LogP contribution in [-0.2, 0) is 9.59 Å². The minimum absolute atomic E-state index is 0.0216. The summed E-state index contributed by atoms with van der Waals surface area (Å²) in [6.45, 7) is 3.59. The van der Waals surface area contributed by atoms with Crippen molar-refractivity contribution >= 4 is 11.9 Å². The van der Waals surface area contributed by atoms with Crippen LogP contribution in [0.3, 0.4) is 0 Å². The number of carboxylic acid groups (broad SMARTS) is 1. The number of aliphatic carboxylic acids is 1. The van der Waals surface area contributed by atoms with Crippen LogP contribution in [0.2, 0.25) is 0 Å². The van der Waals surface area contributed by atoms with E-state index < -0.39 is 23.2 Å². The summed E-state index contributed by atoms with van der Waals surface area (Å²) in [5.74, 6) is -2.09. The molecule has 5 heteroatoms. The van der Waals surface area contributed by atoms with Crippen LogP contribution in [0.4, 0.5) is 0 Å². The van der Waals surface area contributed by atoms with Crippen molar-refractivity contribution in [3.05, 3.63) is 0 Å². The molecule has 0 aromatic rings. The molecule has 16 heavy (non-hydrogen) atoms. The molecule has 2 fully saturated rings. The molecule has 1 amide bonds. The average molecular weight is 227 g/mol. The largest absolute Gasteiger partial charge is 0.481 e. The fourth-order valence-corrected chi connectivity index (χ4v) is 2.58. The van der Waals surface area contributed by atoms with Gasteiger partial charge in [0.25, 0.3) is 0 Å². The topological polar surface area (TPSA) is 86.6 Å². The van der Waals surface area contributed by atoms with E-state index in [0.29, 0.717) is 12.8 Å². The van der Waals surface area contributed by atoms with E-state index in [4.69, 9.17) is 10.2 Å². The van der Waals surface area contributed by atoms with Gasteiger partial charge < -0.3 is 15.5 Å². The Balaban J connectivity index is 1.89. The minimum atomic E-state index is -0.904. The standard InChI is InChI=1S/C11H17NO4/c1-11(2)7(8(11)10(15)16)9(14)12-5-3-6(13)4-5/h5-8,13H,3-4H2,1-2H3,(H,12,14)(H,15,16). The molecule has 2 aliphatic rings. The molecule has 0 radical (unpaired) electrons. The highest BCUT2D eigenvalue weighted by molar-refractivity contribution is 5.91. The molecule has 0 heterocycles. The second-order valence-electron chi connectivity index (χ2n) is 5.45. The van der Waals surface area contributed by atoms with Crippen molar-refractivity contribution in [2.75, 3.05) is 0 Å². The highest BCUT2D eigenvalue weighted by atomic mass is 16.4. The lowest BCUT2D eigenvalue weighted by molar-refractivity contribution is -0.140. The van der Waals surface area contributed by atoms with Gasteiger partial charge in [-0.1, -0.05) is 13.8 Å². The van der Waals surface area contributed by atoms with E-state index in [-0.39, 0.29) is 18.1 Å². The van der Waals surface area contributed by atoms with Gasteiger partial charge in [0.15, 0.2) is 0 Å². The number of nitrogens with one attached hydrogen (secondary N) is 1. The molecule has 5 nitrogen and oxygen atoms in total. The van der Waals surface area contributed by atoms with Gasteiger partial charge in [-0.25, -0.2) is 0 Å². The Bertz CT molecular complexity index is 333. The van der Waals surface area contributed by atoms with Crippen molar-refractivity contribution in [3.8, 4) is 0 Å². The molecule has 2 saturated carbocycles. The van der Waals surface area contributed by atoms with Gasteiger partial charge in [-0.05, 0) is 18.3 Å². The Morgan fingerprint density at radius 3 is 2.19 bits per heavy atom. The van der Waals surface area contributed by atoms with E-state index in [1.807, 2.05) is 0 Å². The molecule has 3 N–H and O–H groups in total. The first kappa shape index (κ1) is 11.4. The van der Waals surface area contributed by atoms with Gasteiger partial charge in [0.2, 0.25) is 5.91 Å². The summed E-state index contributed by atoms with van der Waals surface area (Å²) in [6.07, 6.45) is 0.848. The van der Waals surface area contributed by atoms with Crippen molar-refractivity contribution in [1.82, 2.24) is 5.32 Å². The van der Waals surface area contributed by atoms with Crippen molar-refractivity contribution in [2.45, 2.75) is 38.8 Å². The molecule has 2 rings (SSSR count). The molecule has 0 aromatic heterocycles. The number of aliphatic hydroxyl groups is 1. The summed E-state index contributed by atoms with van der Waals surface area (Å²) in [7, 11) is 0. The second-order valence-corrected chi connectivity index (χ2v) is 5.45. The van der Waals surface area contributed by atoms with E-state index >= 15 is 0 Å². The molecule has 0 aliphatic heterocycles. The Labute approximate surface area is 93.8 Å². The fourth-order valence-electron chi connectivity index (χ4n) is 2.58. The van der Waals surface area contributed by atoms with Gasteiger partial charge in [0.1, 0.15) is 0 Å². The summed E-state index contributed by atoms with van der Waals surface area (Å²) in [4.78, 5) is 22.7. The fraction of sp³-hybridized carbons (Fsp3) is 0.818. The monoisotopic (exact) mass is 227 g/mol. The minimum Gasteiger partial charge on any atom is -0.481 e. The van der Waals surface area contributed by atoms with E-state index in [1.165, 1.54) is 0 Å². The van der Waals surface area contributed by atoms with Crippen molar-refractivity contribution < 1.29 is 19.8 Å². The maximum atomic E-state index is 11.8. The maximum absolute atomic E-state index is 11.8. The molecule has 2 aliphatic carbocycles. The number of carboxylic acids is 1. The lowest BCUT2D eigenvalue weighted by atomic mass is 9.89. The maximum Gasteiger partial charge on any atom is 0.307 e. The van der Waals surface area contributed by atoms with E-state index in [2.05, 4.69) is 5.32 Å². The molecule has 0 bridgehead atoms. The zero-order chi connectivity index (χ0) is 12.1. The number of hydrogen-bond donors (Lipinski definition) is 3. The van der Waals surface area contributed by atoms with Crippen LogP contribution in [-0.4, -0.2) is 34.2 Å². The quantitative estimate of drug-likeness (QED) is 0.632. The lowest BCUT2D eigenvalue weighted by Gasteiger charge is -2.32. The number of carbonyl (C=O) groups is 2. The smallest absolute Gasteiger partial charge is 0.307 e. The highest BCUT2D eigenvalue weighted by Gasteiger charge is 2.66. The molecule has 0 saturated heterocycles. The number of rotatable bonds is 3. The number of amides is 1. The lowest BCUT2D eigenvalue weighted by Crippen LogP contribution is -2.47. The summed E-state index contributed by atoms with van der Waals surface area (Å²) in [5, 5.41) is 20.8. The van der Waals surface area contributed by atoms with Crippen LogP contribution < -0.4 is 5.32 Å². The summed E-state index contributed by atoms with van der Waals surface area (Å²) < 4.78 is 0. The van der Waals surface area contributed by atoms with Crippen LogP contribution in [0.1, 0.15) is 26.7 Å². The average Bonchev–Trinajstić information content (AvgIpc) is 2.66. The van der Waals surface area contributed by atoms with Gasteiger partial charge in [-0.2, -0.15) is 0 Å². The first-order valence-electron chi connectivity index (χ1n) is 5.55. The second kappa shape index (κ2) is 3.45. The summed E-state index contributed by atoms with van der Waals surface area (Å²) >= 11 is 0. The van der Waals surface area contributed by atoms with Crippen LogP contribution in [0.5, 0.6) is 0 Å². The predicted molar refractivity (Wildman–Crippen MR) is 55.6 cm³/mol. The molecule has 2 unspecified atom stereocenters. The number of carbonyl (C=O) groups excluding carboxylic acids is 1. The Morgan fingerprint density at radius 2 is 1.81 bits per heavy atom. The Hall–Kier alpha value is -1.10. The molecule has 90 valence electrons. The normalized spacial score (nSPS) is 39.7. The molecule has 0 spiro atoms. The van der Waals surface area contributed by atoms with Gasteiger partial charge in [-0.3, -0.25) is 9.59 Å². The molecule has 0 aromatic carbocycles. The molecule has 2 atom stereocenters. The van der Waals surface area contributed by atoms with Crippen LogP contribution in [0, 0.1) is 17.3 Å². The zero-order valence-corrected chi connectivity index (χ0v) is 9.43. The molecular weight excluding hydrogens is 210 g/mol. The highest BCUT2D eigenvalue weighted by Crippen LogP contribution is 2.58. The van der Waals surface area contributed by atoms with Crippen LogP contribution >= 0.6 is 0 Å². The SMILES string of the molecule is CC1(C)C(C(=O)O)C1C(=O)NC1CC(O)C1. The van der Waals surface area contributed by atoms with Gasteiger partial charge >= 0.3 is 5.97 Å². The summed E-state index contributed by atoms with van der Waals surface area (Å²) in [6, 6.07) is 0.0216. The number of hydrogen-bond acceptors (Lipinski definition) is 3. The first-order chi connectivity index (χ1) is 7.34. The third-order valence-electron chi connectivity index (χ3n) is 3.84. The van der Waals surface area contributed by atoms with Crippen LogP contribution in [0.15, 0.2) is 0 Å². The van der Waals surface area contributed by atoms with Gasteiger partial charge in [0.05, 0.1) is 17.9 Å².